The summed E-state index contributed by atoms with van der Waals surface area (Å²) < 4.78 is 0.682. The van der Waals surface area contributed by atoms with E-state index < -0.39 is 5.97 Å². The molecule has 1 fully saturated rings. The maximum absolute atomic E-state index is 10.8. The number of allylic oxidation sites excluding steroid dienone is 1. The molecule has 0 spiro atoms. The smallest absolute Gasteiger partial charge is 0.307 e. The fourth-order valence-corrected chi connectivity index (χ4v) is 2.09. The van der Waals surface area contributed by atoms with Gasteiger partial charge in [-0.25, -0.2) is 0 Å². The summed E-state index contributed by atoms with van der Waals surface area (Å²) in [6, 6.07) is 0. The van der Waals surface area contributed by atoms with Gasteiger partial charge in [-0.1, -0.05) is 31.5 Å². The summed E-state index contributed by atoms with van der Waals surface area (Å²) in [5, 5.41) is 8.87. The van der Waals surface area contributed by atoms with E-state index in [1.165, 1.54) is 11.8 Å². The molecule has 0 amide bonds. The Bertz CT molecular complexity index is 260. The second kappa shape index (κ2) is 3.54. The molecule has 1 aliphatic carbocycles. The van der Waals surface area contributed by atoms with Crippen molar-refractivity contribution in [3.05, 3.63) is 10.4 Å². The predicted octanol–water partition coefficient (Wildman–Crippen LogP) is 2.79. The molecular formula is C9H13ClO2S. The maximum Gasteiger partial charge on any atom is 0.307 e. The third-order valence-electron chi connectivity index (χ3n) is 2.68. The average molecular weight is 221 g/mol. The van der Waals surface area contributed by atoms with Crippen LogP contribution in [0.4, 0.5) is 0 Å². The topological polar surface area (TPSA) is 37.3 Å². The second-order valence-electron chi connectivity index (χ2n) is 3.84. The zero-order valence-electron chi connectivity index (χ0n) is 7.87. The van der Waals surface area contributed by atoms with Crippen molar-refractivity contribution < 1.29 is 9.90 Å². The maximum atomic E-state index is 10.8. The Balaban J connectivity index is 2.71. The van der Waals surface area contributed by atoms with Crippen LogP contribution in [0.5, 0.6) is 0 Å². The van der Waals surface area contributed by atoms with Crippen LogP contribution in [0.25, 0.3) is 0 Å². The summed E-state index contributed by atoms with van der Waals surface area (Å²) in [4.78, 5) is 10.8. The van der Waals surface area contributed by atoms with Crippen molar-refractivity contribution in [3.63, 3.8) is 0 Å². The van der Waals surface area contributed by atoms with Gasteiger partial charge in [0.15, 0.2) is 0 Å². The molecule has 1 rings (SSSR count). The van der Waals surface area contributed by atoms with Crippen LogP contribution in [0, 0.1) is 17.3 Å². The van der Waals surface area contributed by atoms with Crippen molar-refractivity contribution in [3.8, 4) is 0 Å². The fraction of sp³-hybridized carbons (Fsp3) is 0.667. The van der Waals surface area contributed by atoms with Crippen LogP contribution in [0.15, 0.2) is 10.4 Å². The van der Waals surface area contributed by atoms with E-state index in [1.807, 2.05) is 26.2 Å². The minimum absolute atomic E-state index is 0.0879. The van der Waals surface area contributed by atoms with Gasteiger partial charge in [-0.2, -0.15) is 0 Å². The van der Waals surface area contributed by atoms with Crippen LogP contribution in [0.2, 0.25) is 0 Å². The molecule has 13 heavy (non-hydrogen) atoms. The third kappa shape index (κ3) is 2.02. The van der Waals surface area contributed by atoms with Crippen molar-refractivity contribution in [2.45, 2.75) is 13.8 Å². The lowest BCUT2D eigenvalue weighted by Gasteiger charge is -1.97. The quantitative estimate of drug-likeness (QED) is 0.795. The fourth-order valence-electron chi connectivity index (χ4n) is 1.67. The summed E-state index contributed by atoms with van der Waals surface area (Å²) in [6.45, 7) is 3.91. The third-order valence-corrected chi connectivity index (χ3v) is 3.80. The number of carboxylic acid groups (broad SMARTS) is 1. The first-order chi connectivity index (χ1) is 5.91. The van der Waals surface area contributed by atoms with Gasteiger partial charge in [0.05, 0.1) is 10.3 Å². The van der Waals surface area contributed by atoms with Crippen molar-refractivity contribution in [1.29, 1.82) is 0 Å². The monoisotopic (exact) mass is 220 g/mol. The highest BCUT2D eigenvalue weighted by Gasteiger charge is 2.60. The zero-order valence-corrected chi connectivity index (χ0v) is 9.45. The molecule has 74 valence electrons. The van der Waals surface area contributed by atoms with Gasteiger partial charge in [-0.05, 0) is 17.6 Å². The number of carbonyl (C=O) groups is 1. The minimum Gasteiger partial charge on any atom is -0.481 e. The molecule has 2 atom stereocenters. The average Bonchev–Trinajstić information content (AvgIpc) is 2.53. The van der Waals surface area contributed by atoms with Crippen LogP contribution in [0.3, 0.4) is 0 Å². The van der Waals surface area contributed by atoms with Crippen molar-refractivity contribution in [2.24, 2.45) is 17.3 Å². The van der Waals surface area contributed by atoms with E-state index in [2.05, 4.69) is 0 Å². The Morgan fingerprint density at radius 3 is 2.46 bits per heavy atom. The van der Waals surface area contributed by atoms with E-state index in [9.17, 15) is 4.79 Å². The summed E-state index contributed by atoms with van der Waals surface area (Å²) in [7, 11) is 0. The molecule has 1 saturated carbocycles. The highest BCUT2D eigenvalue weighted by atomic mass is 35.5. The lowest BCUT2D eigenvalue weighted by Crippen LogP contribution is -2.02. The first-order valence-corrected chi connectivity index (χ1v) is 5.65. The molecule has 0 radical (unpaired) electrons. The SMILES string of the molecule is CSC(Cl)=C[C@@H]1[C@@H](C(=O)O)C1(C)C. The molecule has 2 nitrogen and oxygen atoms in total. The first-order valence-electron chi connectivity index (χ1n) is 4.05. The van der Waals surface area contributed by atoms with Gasteiger partial charge >= 0.3 is 5.97 Å². The van der Waals surface area contributed by atoms with Crippen molar-refractivity contribution >= 4 is 29.3 Å². The Hall–Kier alpha value is -0.150. The summed E-state index contributed by atoms with van der Waals surface area (Å²) in [5.74, 6) is -0.907. The van der Waals surface area contributed by atoms with E-state index in [1.54, 1.807) is 0 Å². The Morgan fingerprint density at radius 2 is 2.15 bits per heavy atom. The number of hydrogen-bond acceptors (Lipinski definition) is 2. The number of halogens is 1. The van der Waals surface area contributed by atoms with Crippen LogP contribution in [-0.4, -0.2) is 17.3 Å². The van der Waals surface area contributed by atoms with Gasteiger partial charge in [0.1, 0.15) is 0 Å². The Morgan fingerprint density at radius 1 is 1.62 bits per heavy atom. The van der Waals surface area contributed by atoms with E-state index in [4.69, 9.17) is 16.7 Å². The number of hydrogen-bond donors (Lipinski definition) is 1. The number of carboxylic acids is 1. The predicted molar refractivity (Wildman–Crippen MR) is 55.8 cm³/mol. The highest BCUT2D eigenvalue weighted by molar-refractivity contribution is 8.03. The van der Waals surface area contributed by atoms with Gasteiger partial charge in [0.25, 0.3) is 0 Å². The molecule has 4 heteroatoms. The first kappa shape index (κ1) is 10.9. The van der Waals surface area contributed by atoms with Gasteiger partial charge in [-0.15, -0.1) is 11.8 Å². The molecule has 1 N–H and O–H groups in total. The second-order valence-corrected chi connectivity index (χ2v) is 5.32. The summed E-state index contributed by atoms with van der Waals surface area (Å²) in [6.07, 6.45) is 3.73. The summed E-state index contributed by atoms with van der Waals surface area (Å²) in [5.41, 5.74) is -0.137. The van der Waals surface area contributed by atoms with Crippen LogP contribution in [0.1, 0.15) is 13.8 Å². The molecular weight excluding hydrogens is 208 g/mol. The van der Waals surface area contributed by atoms with E-state index in [0.717, 1.165) is 0 Å². The Kier molecular flexibility index (Phi) is 2.98. The molecule has 1 aliphatic rings. The molecule has 0 saturated heterocycles. The van der Waals surface area contributed by atoms with Gasteiger partial charge in [-0.3, -0.25) is 4.79 Å². The number of thioether (sulfide) groups is 1. The molecule has 0 aliphatic heterocycles. The van der Waals surface area contributed by atoms with Crippen molar-refractivity contribution in [1.82, 2.24) is 0 Å². The molecule has 0 aromatic rings. The van der Waals surface area contributed by atoms with E-state index >= 15 is 0 Å². The molecule has 0 unspecified atom stereocenters. The molecule has 0 aromatic heterocycles. The normalized spacial score (nSPS) is 31.5. The largest absolute Gasteiger partial charge is 0.481 e. The van der Waals surface area contributed by atoms with E-state index in [-0.39, 0.29) is 17.3 Å². The molecule has 0 bridgehead atoms. The standard InChI is InChI=1S/C9H13ClO2S/c1-9(2)5(4-6(10)13-3)7(9)8(11)12/h4-5,7H,1-3H3,(H,11,12)/t5-,7+/m1/s1. The Labute approximate surface area is 87.3 Å². The van der Waals surface area contributed by atoms with Crippen LogP contribution >= 0.6 is 23.4 Å². The summed E-state index contributed by atoms with van der Waals surface area (Å²) >= 11 is 7.27. The van der Waals surface area contributed by atoms with Gasteiger partial charge < -0.3 is 5.11 Å². The number of aliphatic carboxylic acids is 1. The highest BCUT2D eigenvalue weighted by Crippen LogP contribution is 2.59. The van der Waals surface area contributed by atoms with Gasteiger partial charge in [0, 0.05) is 0 Å². The van der Waals surface area contributed by atoms with Gasteiger partial charge in [0.2, 0.25) is 0 Å². The molecule has 0 heterocycles. The van der Waals surface area contributed by atoms with Crippen LogP contribution in [-0.2, 0) is 4.79 Å². The molecule has 0 aromatic carbocycles. The van der Waals surface area contributed by atoms with Crippen LogP contribution < -0.4 is 0 Å². The lowest BCUT2D eigenvalue weighted by atomic mass is 10.1. The number of rotatable bonds is 3. The lowest BCUT2D eigenvalue weighted by molar-refractivity contribution is -0.139. The minimum atomic E-state index is -0.725. The van der Waals surface area contributed by atoms with Crippen molar-refractivity contribution in [2.75, 3.05) is 6.26 Å². The zero-order chi connectivity index (χ0) is 10.2. The van der Waals surface area contributed by atoms with E-state index in [0.29, 0.717) is 4.36 Å².